The van der Waals surface area contributed by atoms with Gasteiger partial charge in [0.2, 0.25) is 5.91 Å². The summed E-state index contributed by atoms with van der Waals surface area (Å²) in [4.78, 5) is 27.5. The minimum absolute atomic E-state index is 0.135. The molecular formula is C16H30N4O5S. The van der Waals surface area contributed by atoms with Crippen molar-refractivity contribution in [2.45, 2.75) is 52.1 Å². The van der Waals surface area contributed by atoms with E-state index in [9.17, 15) is 18.0 Å². The van der Waals surface area contributed by atoms with E-state index >= 15 is 0 Å². The van der Waals surface area contributed by atoms with E-state index in [-0.39, 0.29) is 44.7 Å². The van der Waals surface area contributed by atoms with Gasteiger partial charge in [0.25, 0.3) is 10.2 Å². The van der Waals surface area contributed by atoms with Gasteiger partial charge in [-0.25, -0.2) is 4.79 Å². The van der Waals surface area contributed by atoms with Crippen LogP contribution in [0.3, 0.4) is 0 Å². The maximum absolute atomic E-state index is 12.6. The van der Waals surface area contributed by atoms with Crippen molar-refractivity contribution < 1.29 is 22.7 Å². The molecule has 0 spiro atoms. The van der Waals surface area contributed by atoms with Crippen LogP contribution in [0.1, 0.15) is 40.0 Å². The smallest absolute Gasteiger partial charge is 0.409 e. The van der Waals surface area contributed by atoms with E-state index in [4.69, 9.17) is 4.74 Å². The third-order valence-electron chi connectivity index (χ3n) is 4.89. The molecule has 0 aromatic heterocycles. The minimum Gasteiger partial charge on any atom is -0.450 e. The molecule has 2 amide bonds. The monoisotopic (exact) mass is 390 g/mol. The van der Waals surface area contributed by atoms with Crippen molar-refractivity contribution in [2.24, 2.45) is 0 Å². The van der Waals surface area contributed by atoms with E-state index in [1.54, 1.807) is 18.7 Å². The van der Waals surface area contributed by atoms with Gasteiger partial charge in [-0.3, -0.25) is 4.79 Å². The molecule has 1 N–H and O–H groups in total. The molecule has 2 aliphatic heterocycles. The number of carbonyl (C=O) groups excluding carboxylic acids is 2. The molecule has 0 aromatic carbocycles. The molecule has 150 valence electrons. The summed E-state index contributed by atoms with van der Waals surface area (Å²) in [5, 5.41) is 0. The summed E-state index contributed by atoms with van der Waals surface area (Å²) >= 11 is 0. The van der Waals surface area contributed by atoms with Gasteiger partial charge in [0.05, 0.1) is 12.6 Å². The number of amides is 2. The minimum atomic E-state index is -3.79. The molecule has 0 aliphatic carbocycles. The molecule has 10 heteroatoms. The quantitative estimate of drug-likeness (QED) is 0.732. The number of ether oxygens (including phenoxy) is 1. The number of hydrogen-bond acceptors (Lipinski definition) is 5. The highest BCUT2D eigenvalue weighted by atomic mass is 32.2. The largest absolute Gasteiger partial charge is 0.450 e. The molecule has 2 aliphatic rings. The molecule has 0 aromatic rings. The lowest BCUT2D eigenvalue weighted by atomic mass is 10.0. The number of nitrogens with zero attached hydrogens (tertiary/aromatic N) is 3. The van der Waals surface area contributed by atoms with Crippen LogP contribution in [-0.2, 0) is 19.7 Å². The molecule has 9 nitrogen and oxygen atoms in total. The normalized spacial score (nSPS) is 23.6. The first-order valence-electron chi connectivity index (χ1n) is 9.26. The van der Waals surface area contributed by atoms with E-state index in [2.05, 4.69) is 4.72 Å². The Morgan fingerprint density at radius 1 is 1.15 bits per heavy atom. The number of piperidine rings is 1. The second-order valence-corrected chi connectivity index (χ2v) is 8.51. The predicted molar refractivity (Wildman–Crippen MR) is 96.7 cm³/mol. The van der Waals surface area contributed by atoms with Gasteiger partial charge >= 0.3 is 6.09 Å². The van der Waals surface area contributed by atoms with E-state index in [0.717, 1.165) is 19.3 Å². The van der Waals surface area contributed by atoms with Gasteiger partial charge in [-0.15, -0.1) is 0 Å². The van der Waals surface area contributed by atoms with Gasteiger partial charge < -0.3 is 14.5 Å². The Hall–Kier alpha value is -1.39. The zero-order chi connectivity index (χ0) is 19.3. The van der Waals surface area contributed by atoms with Crippen molar-refractivity contribution in [3.8, 4) is 0 Å². The van der Waals surface area contributed by atoms with Crippen LogP contribution in [0.4, 0.5) is 4.79 Å². The Kier molecular flexibility index (Phi) is 7.24. The van der Waals surface area contributed by atoms with Crippen molar-refractivity contribution in [2.75, 3.05) is 39.3 Å². The maximum atomic E-state index is 12.6. The van der Waals surface area contributed by atoms with Crippen molar-refractivity contribution >= 4 is 22.2 Å². The Morgan fingerprint density at radius 2 is 1.81 bits per heavy atom. The van der Waals surface area contributed by atoms with Gasteiger partial charge in [-0.2, -0.15) is 17.4 Å². The second kappa shape index (κ2) is 9.01. The lowest BCUT2D eigenvalue weighted by Crippen LogP contribution is -2.57. The van der Waals surface area contributed by atoms with Crippen LogP contribution in [-0.4, -0.2) is 85.9 Å². The Balaban J connectivity index is 1.90. The van der Waals surface area contributed by atoms with Crippen LogP contribution in [0.15, 0.2) is 0 Å². The fraction of sp³-hybridized carbons (Fsp3) is 0.875. The molecule has 26 heavy (non-hydrogen) atoms. The molecule has 2 saturated heterocycles. The summed E-state index contributed by atoms with van der Waals surface area (Å²) in [5.41, 5.74) is 0. The lowest BCUT2D eigenvalue weighted by molar-refractivity contribution is -0.135. The van der Waals surface area contributed by atoms with E-state index in [1.807, 2.05) is 6.92 Å². The maximum Gasteiger partial charge on any atom is 0.409 e. The van der Waals surface area contributed by atoms with E-state index in [0.29, 0.717) is 6.54 Å². The summed E-state index contributed by atoms with van der Waals surface area (Å²) in [5.74, 6) is -0.189. The standard InChI is InChI=1S/C16H30N4O5S/c1-4-25-16(22)18-9-11-19(12-10-18)26(23,24)17-14(3)15(21)20-8-6-5-7-13(20)2/h13-14,17H,4-12H2,1-3H3. The number of hydrogen-bond donors (Lipinski definition) is 1. The summed E-state index contributed by atoms with van der Waals surface area (Å²) in [6.45, 7) is 7.14. The third-order valence-corrected chi connectivity index (χ3v) is 6.58. The summed E-state index contributed by atoms with van der Waals surface area (Å²) in [6, 6.07) is -0.681. The highest BCUT2D eigenvalue weighted by Gasteiger charge is 2.33. The van der Waals surface area contributed by atoms with Crippen molar-refractivity contribution in [3.05, 3.63) is 0 Å². The fourth-order valence-corrected chi connectivity index (χ4v) is 4.69. The van der Waals surface area contributed by atoms with Crippen LogP contribution in [0.5, 0.6) is 0 Å². The van der Waals surface area contributed by atoms with Crippen LogP contribution < -0.4 is 4.72 Å². The molecule has 0 bridgehead atoms. The average Bonchev–Trinajstić information content (AvgIpc) is 2.61. The fourth-order valence-electron chi connectivity index (χ4n) is 3.35. The Morgan fingerprint density at radius 3 is 2.38 bits per heavy atom. The number of piperazine rings is 1. The first-order valence-corrected chi connectivity index (χ1v) is 10.7. The van der Waals surface area contributed by atoms with Gasteiger partial charge in [0.1, 0.15) is 0 Å². The topological polar surface area (TPSA) is 99.3 Å². The van der Waals surface area contributed by atoms with Crippen LogP contribution in [0, 0.1) is 0 Å². The van der Waals surface area contributed by atoms with Crippen molar-refractivity contribution in [3.63, 3.8) is 0 Å². The van der Waals surface area contributed by atoms with Gasteiger partial charge in [0, 0.05) is 38.8 Å². The number of carbonyl (C=O) groups is 2. The Labute approximate surface area is 155 Å². The molecule has 0 saturated carbocycles. The molecule has 2 heterocycles. The molecule has 2 rings (SSSR count). The molecular weight excluding hydrogens is 360 g/mol. The van der Waals surface area contributed by atoms with E-state index < -0.39 is 22.3 Å². The van der Waals surface area contributed by atoms with Gasteiger partial charge in [0.15, 0.2) is 0 Å². The summed E-state index contributed by atoms with van der Waals surface area (Å²) in [6.07, 6.45) is 2.56. The van der Waals surface area contributed by atoms with Gasteiger partial charge in [-0.05, 0) is 40.0 Å². The van der Waals surface area contributed by atoms with E-state index in [1.165, 1.54) is 9.21 Å². The number of nitrogens with one attached hydrogen (secondary N) is 1. The van der Waals surface area contributed by atoms with Crippen LogP contribution in [0.25, 0.3) is 0 Å². The van der Waals surface area contributed by atoms with Crippen LogP contribution >= 0.6 is 0 Å². The number of likely N-dealkylation sites (tertiary alicyclic amines) is 1. The van der Waals surface area contributed by atoms with Gasteiger partial charge in [-0.1, -0.05) is 0 Å². The zero-order valence-electron chi connectivity index (χ0n) is 15.8. The first-order chi connectivity index (χ1) is 12.3. The van der Waals surface area contributed by atoms with Crippen LogP contribution in [0.2, 0.25) is 0 Å². The SMILES string of the molecule is CCOC(=O)N1CCN(S(=O)(=O)NC(C)C(=O)N2CCCCC2C)CC1. The summed E-state index contributed by atoms with van der Waals surface area (Å²) in [7, 11) is -3.79. The average molecular weight is 391 g/mol. The molecule has 0 radical (unpaired) electrons. The van der Waals surface area contributed by atoms with Crippen molar-refractivity contribution in [1.29, 1.82) is 0 Å². The molecule has 2 atom stereocenters. The second-order valence-electron chi connectivity index (χ2n) is 6.81. The first kappa shape index (κ1) is 20.9. The zero-order valence-corrected chi connectivity index (χ0v) is 16.6. The number of rotatable bonds is 5. The third kappa shape index (κ3) is 5.08. The highest BCUT2D eigenvalue weighted by Crippen LogP contribution is 2.18. The summed E-state index contributed by atoms with van der Waals surface area (Å²) < 4.78 is 33.8. The highest BCUT2D eigenvalue weighted by molar-refractivity contribution is 7.87. The molecule has 2 fully saturated rings. The lowest BCUT2D eigenvalue weighted by Gasteiger charge is -2.36. The predicted octanol–water partition coefficient (Wildman–Crippen LogP) is 0.384. The molecule has 2 unspecified atom stereocenters. The van der Waals surface area contributed by atoms with Crippen molar-refractivity contribution in [1.82, 2.24) is 18.8 Å². The Bertz CT molecular complexity index is 604.